The molecule has 3 nitrogen and oxygen atoms in total. The van der Waals surface area contributed by atoms with Crippen LogP contribution in [0.15, 0.2) is 30.3 Å². The normalized spacial score (nSPS) is 25.9. The Hall–Kier alpha value is -1.06. The van der Waals surface area contributed by atoms with Crippen LogP contribution in [0, 0.1) is 0 Å². The molecule has 0 radical (unpaired) electrons. The average Bonchev–Trinajstić information content (AvgIpc) is 2.53. The van der Waals surface area contributed by atoms with E-state index in [4.69, 9.17) is 4.74 Å². The van der Waals surface area contributed by atoms with Gasteiger partial charge in [-0.05, 0) is 31.9 Å². The van der Waals surface area contributed by atoms with Crippen LogP contribution in [0.25, 0.3) is 0 Å². The molecule has 1 N–H and O–H groups in total. The van der Waals surface area contributed by atoms with Gasteiger partial charge in [0, 0.05) is 31.2 Å². The molecule has 1 saturated carbocycles. The largest absolute Gasteiger partial charge is 0.492 e. The van der Waals surface area contributed by atoms with E-state index in [0.717, 1.165) is 32.0 Å². The van der Waals surface area contributed by atoms with Crippen molar-refractivity contribution in [3.8, 4) is 5.75 Å². The molecule has 1 aromatic rings. The van der Waals surface area contributed by atoms with E-state index in [1.54, 1.807) is 0 Å². The van der Waals surface area contributed by atoms with Gasteiger partial charge in [0.05, 0.1) is 0 Å². The number of hydrogen-bond acceptors (Lipinski definition) is 3. The van der Waals surface area contributed by atoms with E-state index < -0.39 is 0 Å². The molecule has 1 spiro atoms. The zero-order valence-corrected chi connectivity index (χ0v) is 13.2. The summed E-state index contributed by atoms with van der Waals surface area (Å²) in [6, 6.07) is 10.8. The van der Waals surface area contributed by atoms with E-state index in [-0.39, 0.29) is 0 Å². The first-order valence-electron chi connectivity index (χ1n) is 8.45. The second kappa shape index (κ2) is 6.80. The average molecular weight is 288 g/mol. The first-order chi connectivity index (χ1) is 10.3. The lowest BCUT2D eigenvalue weighted by molar-refractivity contribution is 0.00444. The summed E-state index contributed by atoms with van der Waals surface area (Å²) in [6.45, 7) is 6.43. The van der Waals surface area contributed by atoms with Gasteiger partial charge in [-0.3, -0.25) is 4.90 Å². The van der Waals surface area contributed by atoms with Crippen LogP contribution in [0.2, 0.25) is 0 Å². The molecule has 0 bridgehead atoms. The van der Waals surface area contributed by atoms with Crippen LogP contribution in [-0.2, 0) is 0 Å². The first kappa shape index (κ1) is 14.9. The Kier molecular flexibility index (Phi) is 4.81. The number of hydrogen-bond donors (Lipinski definition) is 1. The van der Waals surface area contributed by atoms with Gasteiger partial charge in [-0.2, -0.15) is 0 Å². The Labute approximate surface area is 128 Å². The Bertz CT molecular complexity index is 428. The van der Waals surface area contributed by atoms with E-state index >= 15 is 0 Å². The maximum atomic E-state index is 5.92. The van der Waals surface area contributed by atoms with Gasteiger partial charge in [-0.25, -0.2) is 0 Å². The second-order valence-electron chi connectivity index (χ2n) is 6.67. The van der Waals surface area contributed by atoms with E-state index in [2.05, 4.69) is 17.1 Å². The summed E-state index contributed by atoms with van der Waals surface area (Å²) in [5.41, 5.74) is 0.394. The molecule has 1 aliphatic heterocycles. The standard InChI is InChI=1S/C18H28N2O/c1-16-14-20(12-13-21-17-8-4-2-5-9-17)18(15-19-16)10-6-3-7-11-18/h2,4-5,8-9,16,19H,3,6-7,10-15H2,1H3. The lowest BCUT2D eigenvalue weighted by atomic mass is 9.78. The molecule has 0 amide bonds. The summed E-state index contributed by atoms with van der Waals surface area (Å²) >= 11 is 0. The van der Waals surface area contributed by atoms with Crippen molar-refractivity contribution in [1.82, 2.24) is 10.2 Å². The van der Waals surface area contributed by atoms with Gasteiger partial charge < -0.3 is 10.1 Å². The molecule has 2 fully saturated rings. The van der Waals surface area contributed by atoms with Crippen molar-refractivity contribution in [2.45, 2.75) is 50.6 Å². The fraction of sp³-hybridized carbons (Fsp3) is 0.667. The minimum Gasteiger partial charge on any atom is -0.492 e. The Morgan fingerprint density at radius 3 is 2.71 bits per heavy atom. The highest BCUT2D eigenvalue weighted by atomic mass is 16.5. The zero-order valence-electron chi connectivity index (χ0n) is 13.2. The number of nitrogens with one attached hydrogen (secondary N) is 1. The summed E-state index contributed by atoms with van der Waals surface area (Å²) in [5.74, 6) is 0.985. The van der Waals surface area contributed by atoms with Gasteiger partial charge in [0.2, 0.25) is 0 Å². The molecule has 21 heavy (non-hydrogen) atoms. The van der Waals surface area contributed by atoms with Gasteiger partial charge in [-0.15, -0.1) is 0 Å². The van der Waals surface area contributed by atoms with E-state index in [0.29, 0.717) is 11.6 Å². The SMILES string of the molecule is CC1CN(CCOc2ccccc2)C2(CCCCC2)CN1. The molecule has 0 aromatic heterocycles. The van der Waals surface area contributed by atoms with Gasteiger partial charge >= 0.3 is 0 Å². The maximum absolute atomic E-state index is 5.92. The lowest BCUT2D eigenvalue weighted by Crippen LogP contribution is -2.65. The van der Waals surface area contributed by atoms with Crippen LogP contribution in [-0.4, -0.2) is 42.7 Å². The molecule has 1 atom stereocenters. The van der Waals surface area contributed by atoms with Gasteiger partial charge in [0.15, 0.2) is 0 Å². The van der Waals surface area contributed by atoms with Crippen molar-refractivity contribution >= 4 is 0 Å². The van der Waals surface area contributed by atoms with Crippen molar-refractivity contribution in [3.05, 3.63) is 30.3 Å². The monoisotopic (exact) mass is 288 g/mol. The minimum absolute atomic E-state index is 0.394. The molecule has 1 aromatic carbocycles. The number of benzene rings is 1. The maximum Gasteiger partial charge on any atom is 0.119 e. The molecule has 3 rings (SSSR count). The first-order valence-corrected chi connectivity index (χ1v) is 8.45. The second-order valence-corrected chi connectivity index (χ2v) is 6.67. The van der Waals surface area contributed by atoms with Crippen LogP contribution in [0.3, 0.4) is 0 Å². The number of ether oxygens (including phenoxy) is 1. The molecule has 1 aliphatic carbocycles. The van der Waals surface area contributed by atoms with E-state index in [9.17, 15) is 0 Å². The highest BCUT2D eigenvalue weighted by Gasteiger charge is 2.40. The van der Waals surface area contributed by atoms with Crippen molar-refractivity contribution in [1.29, 1.82) is 0 Å². The summed E-state index contributed by atoms with van der Waals surface area (Å²) in [4.78, 5) is 2.70. The zero-order chi connectivity index (χ0) is 14.5. The number of nitrogens with zero attached hydrogens (tertiary/aromatic N) is 1. The molecule has 1 saturated heterocycles. The highest BCUT2D eigenvalue weighted by molar-refractivity contribution is 5.20. The predicted molar refractivity (Wildman–Crippen MR) is 86.8 cm³/mol. The van der Waals surface area contributed by atoms with Crippen LogP contribution in [0.5, 0.6) is 5.75 Å². The van der Waals surface area contributed by atoms with Crippen LogP contribution >= 0.6 is 0 Å². The fourth-order valence-corrected chi connectivity index (χ4v) is 3.89. The number of para-hydroxylation sites is 1. The Morgan fingerprint density at radius 1 is 1.19 bits per heavy atom. The van der Waals surface area contributed by atoms with Crippen LogP contribution in [0.1, 0.15) is 39.0 Å². The molecular weight excluding hydrogens is 260 g/mol. The molecule has 1 heterocycles. The van der Waals surface area contributed by atoms with Crippen molar-refractivity contribution in [3.63, 3.8) is 0 Å². The third-order valence-corrected chi connectivity index (χ3v) is 5.10. The van der Waals surface area contributed by atoms with Gasteiger partial charge in [-0.1, -0.05) is 37.5 Å². The van der Waals surface area contributed by atoms with E-state index in [1.807, 2.05) is 30.3 Å². The summed E-state index contributed by atoms with van der Waals surface area (Å²) in [6.07, 6.45) is 6.86. The fourth-order valence-electron chi connectivity index (χ4n) is 3.89. The molecule has 2 aliphatic rings. The quantitative estimate of drug-likeness (QED) is 0.921. The van der Waals surface area contributed by atoms with Crippen molar-refractivity contribution < 1.29 is 4.74 Å². The molecule has 3 heteroatoms. The topological polar surface area (TPSA) is 24.5 Å². The number of rotatable bonds is 4. The summed E-state index contributed by atoms with van der Waals surface area (Å²) in [5, 5.41) is 3.70. The predicted octanol–water partition coefficient (Wildman–Crippen LogP) is 3.06. The summed E-state index contributed by atoms with van der Waals surface area (Å²) in [7, 11) is 0. The highest BCUT2D eigenvalue weighted by Crippen LogP contribution is 2.35. The summed E-state index contributed by atoms with van der Waals surface area (Å²) < 4.78 is 5.92. The van der Waals surface area contributed by atoms with Crippen LogP contribution < -0.4 is 10.1 Å². The van der Waals surface area contributed by atoms with E-state index in [1.165, 1.54) is 32.1 Å². The van der Waals surface area contributed by atoms with Crippen LogP contribution in [0.4, 0.5) is 0 Å². The smallest absolute Gasteiger partial charge is 0.119 e. The Balaban J connectivity index is 1.58. The third kappa shape index (κ3) is 3.58. The third-order valence-electron chi connectivity index (χ3n) is 5.10. The van der Waals surface area contributed by atoms with Crippen molar-refractivity contribution in [2.24, 2.45) is 0 Å². The van der Waals surface area contributed by atoms with Gasteiger partial charge in [0.25, 0.3) is 0 Å². The number of piperazine rings is 1. The minimum atomic E-state index is 0.394. The van der Waals surface area contributed by atoms with Gasteiger partial charge in [0.1, 0.15) is 12.4 Å². The molecule has 1 unspecified atom stereocenters. The Morgan fingerprint density at radius 2 is 1.95 bits per heavy atom. The molecule has 116 valence electrons. The lowest BCUT2D eigenvalue weighted by Gasteiger charge is -2.51. The van der Waals surface area contributed by atoms with Crippen molar-refractivity contribution in [2.75, 3.05) is 26.2 Å². The molecular formula is C18H28N2O.